The molecule has 1 aromatic carbocycles. The summed E-state index contributed by atoms with van der Waals surface area (Å²) in [6.07, 6.45) is 3.58. The molecule has 0 aliphatic rings. The summed E-state index contributed by atoms with van der Waals surface area (Å²) in [4.78, 5) is 8.80. The van der Waals surface area contributed by atoms with Crippen LogP contribution in [0.15, 0.2) is 36.7 Å². The van der Waals surface area contributed by atoms with Crippen molar-refractivity contribution in [1.82, 2.24) is 14.5 Å². The van der Waals surface area contributed by atoms with Crippen LogP contribution in [0, 0.1) is 3.57 Å². The molecule has 0 fully saturated rings. The number of pyridine rings is 1. The molecule has 0 aliphatic carbocycles. The Morgan fingerprint density at radius 2 is 2.16 bits per heavy atom. The van der Waals surface area contributed by atoms with E-state index in [4.69, 9.17) is 5.73 Å². The molecule has 3 aromatic rings. The largest absolute Gasteiger partial charge is 0.398 e. The van der Waals surface area contributed by atoms with Crippen LogP contribution in [-0.2, 0) is 6.54 Å². The molecule has 0 saturated heterocycles. The van der Waals surface area contributed by atoms with Crippen molar-refractivity contribution in [3.63, 3.8) is 0 Å². The normalized spacial score (nSPS) is 11.1. The second kappa shape index (κ2) is 4.80. The van der Waals surface area contributed by atoms with Gasteiger partial charge in [-0.1, -0.05) is 0 Å². The number of halogens is 1. The molecule has 2 heterocycles. The number of nitrogen functional groups attached to an aromatic ring is 1. The SMILES string of the molecule is CCn1c(-c2cc(I)ccc2N)nc2cnccc21. The first-order valence-electron chi connectivity index (χ1n) is 6.06. The summed E-state index contributed by atoms with van der Waals surface area (Å²) in [6.45, 7) is 2.95. The maximum Gasteiger partial charge on any atom is 0.143 e. The smallest absolute Gasteiger partial charge is 0.143 e. The van der Waals surface area contributed by atoms with Gasteiger partial charge >= 0.3 is 0 Å². The molecule has 2 N–H and O–H groups in total. The monoisotopic (exact) mass is 364 g/mol. The molecule has 4 nitrogen and oxygen atoms in total. The molecule has 5 heteroatoms. The third-order valence-electron chi connectivity index (χ3n) is 3.12. The van der Waals surface area contributed by atoms with Crippen LogP contribution in [0.4, 0.5) is 5.69 Å². The average Bonchev–Trinajstić information content (AvgIpc) is 2.79. The van der Waals surface area contributed by atoms with Crippen LogP contribution in [0.1, 0.15) is 6.92 Å². The quantitative estimate of drug-likeness (QED) is 0.561. The minimum Gasteiger partial charge on any atom is -0.398 e. The van der Waals surface area contributed by atoms with E-state index < -0.39 is 0 Å². The molecule has 0 bridgehead atoms. The Morgan fingerprint density at radius 1 is 1.32 bits per heavy atom. The summed E-state index contributed by atoms with van der Waals surface area (Å²) in [5, 5.41) is 0. The minimum absolute atomic E-state index is 0.749. The van der Waals surface area contributed by atoms with Gasteiger partial charge in [-0.05, 0) is 53.8 Å². The second-order valence-corrected chi connectivity index (χ2v) is 5.52. The fraction of sp³-hybridized carbons (Fsp3) is 0.143. The molecule has 0 amide bonds. The first-order chi connectivity index (χ1) is 9.20. The minimum atomic E-state index is 0.749. The summed E-state index contributed by atoms with van der Waals surface area (Å²) >= 11 is 2.29. The number of rotatable bonds is 2. The Bertz CT molecular complexity index is 748. The van der Waals surface area contributed by atoms with Crippen molar-refractivity contribution in [2.24, 2.45) is 0 Å². The summed E-state index contributed by atoms with van der Waals surface area (Å²) in [7, 11) is 0. The van der Waals surface area contributed by atoms with E-state index in [0.29, 0.717) is 0 Å². The molecule has 96 valence electrons. The molecule has 0 atom stereocenters. The molecule has 0 saturated carbocycles. The second-order valence-electron chi connectivity index (χ2n) is 4.28. The molecule has 0 radical (unpaired) electrons. The van der Waals surface area contributed by atoms with Crippen molar-refractivity contribution in [3.8, 4) is 11.4 Å². The lowest BCUT2D eigenvalue weighted by Gasteiger charge is -2.08. The van der Waals surface area contributed by atoms with Crippen LogP contribution in [0.2, 0.25) is 0 Å². The number of aryl methyl sites for hydroxylation is 1. The number of fused-ring (bicyclic) bond motifs is 1. The van der Waals surface area contributed by atoms with Crippen LogP contribution in [0.5, 0.6) is 0 Å². The van der Waals surface area contributed by atoms with E-state index in [1.165, 1.54) is 0 Å². The Morgan fingerprint density at radius 3 is 2.95 bits per heavy atom. The van der Waals surface area contributed by atoms with E-state index in [1.54, 1.807) is 12.4 Å². The third-order valence-corrected chi connectivity index (χ3v) is 3.79. The zero-order valence-corrected chi connectivity index (χ0v) is 12.6. The van der Waals surface area contributed by atoms with Gasteiger partial charge in [0.05, 0.1) is 11.7 Å². The first kappa shape index (κ1) is 12.4. The van der Waals surface area contributed by atoms with Crippen molar-refractivity contribution in [2.45, 2.75) is 13.5 Å². The molecular formula is C14H13IN4. The maximum atomic E-state index is 6.09. The number of aromatic nitrogens is 3. The van der Waals surface area contributed by atoms with Gasteiger partial charge in [0, 0.05) is 27.6 Å². The molecule has 0 unspecified atom stereocenters. The third kappa shape index (κ3) is 2.07. The first-order valence-corrected chi connectivity index (χ1v) is 7.14. The van der Waals surface area contributed by atoms with E-state index in [2.05, 4.69) is 50.1 Å². The molecule has 19 heavy (non-hydrogen) atoms. The Balaban J connectivity index is 2.33. The van der Waals surface area contributed by atoms with Gasteiger partial charge in [0.2, 0.25) is 0 Å². The number of hydrogen-bond acceptors (Lipinski definition) is 3. The number of nitrogens with zero attached hydrogens (tertiary/aromatic N) is 3. The highest BCUT2D eigenvalue weighted by molar-refractivity contribution is 14.1. The van der Waals surface area contributed by atoms with E-state index in [0.717, 1.165) is 38.2 Å². The van der Waals surface area contributed by atoms with E-state index in [-0.39, 0.29) is 0 Å². The van der Waals surface area contributed by atoms with Gasteiger partial charge in [-0.25, -0.2) is 4.98 Å². The highest BCUT2D eigenvalue weighted by atomic mass is 127. The molecular weight excluding hydrogens is 351 g/mol. The van der Waals surface area contributed by atoms with Gasteiger partial charge in [0.25, 0.3) is 0 Å². The molecule has 2 aromatic heterocycles. The van der Waals surface area contributed by atoms with Gasteiger partial charge < -0.3 is 10.3 Å². The zero-order valence-electron chi connectivity index (χ0n) is 10.5. The number of anilines is 1. The van der Waals surface area contributed by atoms with E-state index >= 15 is 0 Å². The van der Waals surface area contributed by atoms with Crippen LogP contribution in [0.25, 0.3) is 22.4 Å². The number of hydrogen-bond donors (Lipinski definition) is 1. The van der Waals surface area contributed by atoms with E-state index in [9.17, 15) is 0 Å². The van der Waals surface area contributed by atoms with Gasteiger partial charge in [0.15, 0.2) is 0 Å². The van der Waals surface area contributed by atoms with Crippen LogP contribution >= 0.6 is 22.6 Å². The summed E-state index contributed by atoms with van der Waals surface area (Å²) in [6, 6.07) is 7.98. The fourth-order valence-corrected chi connectivity index (χ4v) is 2.72. The fourth-order valence-electron chi connectivity index (χ4n) is 2.23. The standard InChI is InChI=1S/C14H13IN4/c1-2-19-13-5-6-17-8-12(13)18-14(19)10-7-9(15)3-4-11(10)16/h3-8H,2,16H2,1H3. The van der Waals surface area contributed by atoms with Crippen molar-refractivity contribution >= 4 is 39.3 Å². The Kier molecular flexibility index (Phi) is 3.14. The van der Waals surface area contributed by atoms with Crippen molar-refractivity contribution in [1.29, 1.82) is 0 Å². The lowest BCUT2D eigenvalue weighted by Crippen LogP contribution is -2.00. The van der Waals surface area contributed by atoms with Crippen LogP contribution < -0.4 is 5.73 Å². The summed E-state index contributed by atoms with van der Waals surface area (Å²) in [5.74, 6) is 0.904. The molecule has 3 rings (SSSR count). The highest BCUT2D eigenvalue weighted by Gasteiger charge is 2.13. The van der Waals surface area contributed by atoms with Crippen molar-refractivity contribution in [2.75, 3.05) is 5.73 Å². The summed E-state index contributed by atoms with van der Waals surface area (Å²) in [5.41, 5.74) is 9.81. The summed E-state index contributed by atoms with van der Waals surface area (Å²) < 4.78 is 3.31. The van der Waals surface area contributed by atoms with Gasteiger partial charge in [-0.3, -0.25) is 4.98 Å². The van der Waals surface area contributed by atoms with Crippen LogP contribution in [0.3, 0.4) is 0 Å². The predicted molar refractivity (Wildman–Crippen MR) is 85.8 cm³/mol. The van der Waals surface area contributed by atoms with Gasteiger partial charge in [-0.15, -0.1) is 0 Å². The lowest BCUT2D eigenvalue weighted by atomic mass is 10.1. The maximum absolute atomic E-state index is 6.09. The predicted octanol–water partition coefficient (Wildman–Crippen LogP) is 3.31. The molecule has 0 spiro atoms. The van der Waals surface area contributed by atoms with E-state index in [1.807, 2.05) is 18.2 Å². The number of imidazole rings is 1. The molecule has 0 aliphatic heterocycles. The Labute approximate surface area is 124 Å². The average molecular weight is 364 g/mol. The highest BCUT2D eigenvalue weighted by Crippen LogP contribution is 2.29. The number of nitrogens with two attached hydrogens (primary N) is 1. The van der Waals surface area contributed by atoms with Gasteiger partial charge in [-0.2, -0.15) is 0 Å². The number of benzene rings is 1. The van der Waals surface area contributed by atoms with Crippen molar-refractivity contribution in [3.05, 3.63) is 40.2 Å². The van der Waals surface area contributed by atoms with Gasteiger partial charge in [0.1, 0.15) is 11.3 Å². The topological polar surface area (TPSA) is 56.7 Å². The zero-order chi connectivity index (χ0) is 13.4. The van der Waals surface area contributed by atoms with Crippen molar-refractivity contribution < 1.29 is 0 Å². The lowest BCUT2D eigenvalue weighted by molar-refractivity contribution is 0.796. The van der Waals surface area contributed by atoms with Crippen LogP contribution in [-0.4, -0.2) is 14.5 Å². The Hall–Kier alpha value is -1.63.